The van der Waals surface area contributed by atoms with Gasteiger partial charge in [-0.2, -0.15) is 0 Å². The zero-order valence-electron chi connectivity index (χ0n) is 15.8. The molecule has 152 valence electrons. The minimum absolute atomic E-state index is 0.109. The molecular formula is C22H16Cl2N2O4. The van der Waals surface area contributed by atoms with Crippen LogP contribution in [0.5, 0.6) is 0 Å². The summed E-state index contributed by atoms with van der Waals surface area (Å²) in [7, 11) is 0. The van der Waals surface area contributed by atoms with E-state index in [4.69, 9.17) is 27.9 Å². The van der Waals surface area contributed by atoms with E-state index >= 15 is 0 Å². The van der Waals surface area contributed by atoms with Crippen LogP contribution in [0.1, 0.15) is 33.2 Å². The Kier molecular flexibility index (Phi) is 6.82. The Morgan fingerprint density at radius 1 is 0.933 bits per heavy atom. The fourth-order valence-corrected chi connectivity index (χ4v) is 2.95. The second-order valence-corrected chi connectivity index (χ2v) is 7.14. The summed E-state index contributed by atoms with van der Waals surface area (Å²) in [6.45, 7) is 1.42. The molecule has 0 radical (unpaired) electrons. The minimum Gasteiger partial charge on any atom is -0.449 e. The van der Waals surface area contributed by atoms with Crippen molar-refractivity contribution in [1.29, 1.82) is 0 Å². The monoisotopic (exact) mass is 442 g/mol. The van der Waals surface area contributed by atoms with Crippen LogP contribution in [0.2, 0.25) is 10.0 Å². The molecule has 1 atom stereocenters. The van der Waals surface area contributed by atoms with Crippen molar-refractivity contribution in [2.24, 2.45) is 0 Å². The second-order valence-electron chi connectivity index (χ2n) is 6.29. The highest BCUT2D eigenvalue weighted by molar-refractivity contribution is 6.36. The normalized spacial score (nSPS) is 11.4. The molecule has 1 heterocycles. The fourth-order valence-electron chi connectivity index (χ4n) is 2.52. The van der Waals surface area contributed by atoms with Crippen molar-refractivity contribution in [2.45, 2.75) is 13.0 Å². The number of hydrogen-bond acceptors (Lipinski definition) is 5. The number of ether oxygens (including phenoxy) is 1. The molecule has 0 fully saturated rings. The van der Waals surface area contributed by atoms with E-state index in [1.54, 1.807) is 24.3 Å². The van der Waals surface area contributed by atoms with E-state index in [-0.39, 0.29) is 22.2 Å². The quantitative estimate of drug-likeness (QED) is 0.437. The molecule has 1 unspecified atom stereocenters. The molecule has 3 aromatic rings. The highest BCUT2D eigenvalue weighted by Crippen LogP contribution is 2.22. The van der Waals surface area contributed by atoms with Crippen LogP contribution in [0.25, 0.3) is 0 Å². The van der Waals surface area contributed by atoms with Gasteiger partial charge < -0.3 is 10.1 Å². The maximum absolute atomic E-state index is 12.4. The predicted octanol–water partition coefficient (Wildman–Crippen LogP) is 4.80. The van der Waals surface area contributed by atoms with Gasteiger partial charge in [0.25, 0.3) is 5.91 Å². The van der Waals surface area contributed by atoms with Crippen molar-refractivity contribution in [3.8, 4) is 0 Å². The van der Waals surface area contributed by atoms with Crippen molar-refractivity contribution in [3.63, 3.8) is 0 Å². The van der Waals surface area contributed by atoms with Crippen LogP contribution in [0, 0.1) is 0 Å². The van der Waals surface area contributed by atoms with E-state index in [9.17, 15) is 14.4 Å². The van der Waals surface area contributed by atoms with Gasteiger partial charge in [0.05, 0.1) is 15.6 Å². The summed E-state index contributed by atoms with van der Waals surface area (Å²) in [6, 6.07) is 16.3. The first-order valence-corrected chi connectivity index (χ1v) is 9.63. The Morgan fingerprint density at radius 3 is 2.17 bits per heavy atom. The number of ketones is 1. The van der Waals surface area contributed by atoms with E-state index in [0.29, 0.717) is 16.1 Å². The Bertz CT molecular complexity index is 1090. The van der Waals surface area contributed by atoms with Crippen molar-refractivity contribution in [1.82, 2.24) is 4.98 Å². The number of nitrogens with zero attached hydrogens (tertiary/aromatic N) is 1. The average Bonchev–Trinajstić information content (AvgIpc) is 2.75. The van der Waals surface area contributed by atoms with Gasteiger partial charge in [-0.3, -0.25) is 9.59 Å². The van der Waals surface area contributed by atoms with Crippen molar-refractivity contribution in [3.05, 3.63) is 93.6 Å². The Labute approximate surface area is 182 Å². The largest absolute Gasteiger partial charge is 0.449 e. The molecule has 0 saturated heterocycles. The van der Waals surface area contributed by atoms with Gasteiger partial charge in [-0.05, 0) is 25.1 Å². The number of carbonyl (C=O) groups is 3. The summed E-state index contributed by atoms with van der Waals surface area (Å²) in [5.74, 6) is -1.35. The number of aromatic nitrogens is 1. The van der Waals surface area contributed by atoms with Crippen molar-refractivity contribution >= 4 is 46.7 Å². The third-order valence-corrected chi connectivity index (χ3v) is 4.62. The number of pyridine rings is 1. The summed E-state index contributed by atoms with van der Waals surface area (Å²) in [5, 5.41) is 2.96. The topological polar surface area (TPSA) is 85.4 Å². The van der Waals surface area contributed by atoms with Crippen molar-refractivity contribution < 1.29 is 19.1 Å². The molecule has 6 nitrogen and oxygen atoms in total. The van der Waals surface area contributed by atoms with Gasteiger partial charge >= 0.3 is 5.97 Å². The second kappa shape index (κ2) is 9.52. The van der Waals surface area contributed by atoms with E-state index in [1.165, 1.54) is 43.5 Å². The Hall–Kier alpha value is -3.22. The molecule has 8 heteroatoms. The van der Waals surface area contributed by atoms with E-state index in [2.05, 4.69) is 10.3 Å². The number of hydrogen-bond donors (Lipinski definition) is 1. The van der Waals surface area contributed by atoms with Gasteiger partial charge in [0, 0.05) is 17.3 Å². The standard InChI is InChI=1S/C22H16Cl2N2O4/c1-13(21(28)26-20-18(24)11-17(23)12-25-20)30-22(29)16-9-7-15(8-10-16)19(27)14-5-3-2-4-6-14/h2-13H,1H3,(H,25,26,28). The van der Waals surface area contributed by atoms with E-state index in [0.717, 1.165) is 0 Å². The third kappa shape index (κ3) is 5.23. The van der Waals surface area contributed by atoms with E-state index < -0.39 is 18.0 Å². The molecule has 0 bridgehead atoms. The average molecular weight is 443 g/mol. The van der Waals surface area contributed by atoms with Gasteiger partial charge in [-0.25, -0.2) is 9.78 Å². The molecule has 1 N–H and O–H groups in total. The number of amides is 1. The molecule has 2 aromatic carbocycles. The number of esters is 1. The smallest absolute Gasteiger partial charge is 0.338 e. The van der Waals surface area contributed by atoms with Crippen LogP contribution in [-0.4, -0.2) is 28.7 Å². The van der Waals surface area contributed by atoms with Crippen LogP contribution < -0.4 is 5.32 Å². The first-order valence-electron chi connectivity index (χ1n) is 8.88. The molecule has 1 amide bonds. The first kappa shape index (κ1) is 21.5. The highest BCUT2D eigenvalue weighted by atomic mass is 35.5. The van der Waals surface area contributed by atoms with Crippen molar-refractivity contribution in [2.75, 3.05) is 5.32 Å². The minimum atomic E-state index is -1.10. The van der Waals surface area contributed by atoms with Gasteiger partial charge in [-0.1, -0.05) is 65.7 Å². The highest BCUT2D eigenvalue weighted by Gasteiger charge is 2.21. The number of nitrogens with one attached hydrogen (secondary N) is 1. The summed E-state index contributed by atoms with van der Waals surface area (Å²) in [4.78, 5) is 40.9. The zero-order chi connectivity index (χ0) is 21.7. The van der Waals surface area contributed by atoms with Gasteiger partial charge in [0.15, 0.2) is 17.7 Å². The van der Waals surface area contributed by atoms with Gasteiger partial charge in [0.2, 0.25) is 0 Å². The lowest BCUT2D eigenvalue weighted by atomic mass is 10.0. The molecule has 30 heavy (non-hydrogen) atoms. The number of halogens is 2. The number of rotatable bonds is 6. The summed E-state index contributed by atoms with van der Waals surface area (Å²) >= 11 is 11.7. The molecule has 0 spiro atoms. The van der Waals surface area contributed by atoms with Crippen LogP contribution >= 0.6 is 23.2 Å². The SMILES string of the molecule is CC(OC(=O)c1ccc(C(=O)c2ccccc2)cc1)C(=O)Nc1ncc(Cl)cc1Cl. The maximum Gasteiger partial charge on any atom is 0.338 e. The fraction of sp³-hybridized carbons (Fsp3) is 0.0909. The molecule has 0 aliphatic carbocycles. The number of carbonyl (C=O) groups excluding carboxylic acids is 3. The number of anilines is 1. The molecule has 0 aliphatic heterocycles. The molecule has 3 rings (SSSR count). The van der Waals surface area contributed by atoms with E-state index in [1.807, 2.05) is 6.07 Å². The molecular weight excluding hydrogens is 427 g/mol. The summed E-state index contributed by atoms with van der Waals surface area (Å²) in [6.07, 6.45) is 0.231. The lowest BCUT2D eigenvalue weighted by molar-refractivity contribution is -0.123. The molecule has 1 aromatic heterocycles. The Morgan fingerprint density at radius 2 is 1.53 bits per heavy atom. The molecule has 0 saturated carbocycles. The van der Waals surface area contributed by atoms with Crippen LogP contribution in [0.4, 0.5) is 5.82 Å². The zero-order valence-corrected chi connectivity index (χ0v) is 17.3. The van der Waals surface area contributed by atoms with Crippen LogP contribution in [-0.2, 0) is 9.53 Å². The van der Waals surface area contributed by atoms with Gasteiger partial charge in [-0.15, -0.1) is 0 Å². The van der Waals surface area contributed by atoms with Gasteiger partial charge in [0.1, 0.15) is 0 Å². The number of benzene rings is 2. The Balaban J connectivity index is 1.62. The summed E-state index contributed by atoms with van der Waals surface area (Å²) in [5.41, 5.74) is 1.20. The maximum atomic E-state index is 12.4. The van der Waals surface area contributed by atoms with Crippen LogP contribution in [0.15, 0.2) is 66.9 Å². The lowest BCUT2D eigenvalue weighted by Crippen LogP contribution is -2.30. The van der Waals surface area contributed by atoms with Crippen LogP contribution in [0.3, 0.4) is 0 Å². The summed E-state index contributed by atoms with van der Waals surface area (Å²) < 4.78 is 5.19. The predicted molar refractivity (Wildman–Crippen MR) is 114 cm³/mol. The molecule has 0 aliphatic rings. The third-order valence-electron chi connectivity index (χ3n) is 4.12. The first-order chi connectivity index (χ1) is 14.3. The lowest BCUT2D eigenvalue weighted by Gasteiger charge is -2.14.